The summed E-state index contributed by atoms with van der Waals surface area (Å²) in [7, 11) is 1.58. The van der Waals surface area contributed by atoms with Crippen LogP contribution in [0.25, 0.3) is 16.7 Å². The van der Waals surface area contributed by atoms with Gasteiger partial charge >= 0.3 is 0 Å². The highest BCUT2D eigenvalue weighted by molar-refractivity contribution is 5.93. The molecule has 140 valence electrons. The Bertz CT molecular complexity index is 1160. The summed E-state index contributed by atoms with van der Waals surface area (Å²) in [4.78, 5) is 32.4. The van der Waals surface area contributed by atoms with E-state index in [1.54, 1.807) is 31.4 Å². The van der Waals surface area contributed by atoms with Crippen LogP contribution < -0.4 is 15.6 Å². The van der Waals surface area contributed by atoms with Crippen LogP contribution in [0.3, 0.4) is 0 Å². The van der Waals surface area contributed by atoms with Gasteiger partial charge in [-0.25, -0.2) is 4.98 Å². The lowest BCUT2D eigenvalue weighted by atomic mass is 10.2. The molecule has 0 radical (unpaired) electrons. The zero-order valence-corrected chi connectivity index (χ0v) is 15.2. The smallest absolute Gasteiger partial charge is 0.255 e. The number of carbonyl (C=O) groups is 1. The van der Waals surface area contributed by atoms with Crippen molar-refractivity contribution in [3.8, 4) is 11.4 Å². The van der Waals surface area contributed by atoms with Crippen LogP contribution in [0.5, 0.6) is 5.75 Å². The van der Waals surface area contributed by atoms with E-state index in [2.05, 4.69) is 15.3 Å². The molecule has 4 rings (SSSR count). The van der Waals surface area contributed by atoms with E-state index in [4.69, 9.17) is 4.74 Å². The normalized spacial score (nSPS) is 10.8. The molecule has 0 aliphatic rings. The molecule has 7 heteroatoms. The van der Waals surface area contributed by atoms with E-state index >= 15 is 0 Å². The quantitative estimate of drug-likeness (QED) is 0.562. The molecule has 0 saturated carbocycles. The summed E-state index contributed by atoms with van der Waals surface area (Å²) in [5, 5.41) is 2.82. The number of hydrogen-bond acceptors (Lipinski definition) is 4. The number of benzene rings is 2. The van der Waals surface area contributed by atoms with Crippen LogP contribution in [0.4, 0.5) is 0 Å². The number of amides is 1. The van der Waals surface area contributed by atoms with Crippen molar-refractivity contribution in [3.63, 3.8) is 0 Å². The van der Waals surface area contributed by atoms with Gasteiger partial charge in [-0.05, 0) is 42.5 Å². The Labute approximate surface area is 160 Å². The number of nitrogens with zero attached hydrogens (tertiary/aromatic N) is 2. The number of nitrogens with one attached hydrogen (secondary N) is 2. The van der Waals surface area contributed by atoms with Crippen LogP contribution in [0, 0.1) is 0 Å². The molecule has 0 bridgehead atoms. The summed E-state index contributed by atoms with van der Waals surface area (Å²) >= 11 is 0. The maximum Gasteiger partial charge on any atom is 0.255 e. The Kier molecular flexibility index (Phi) is 4.63. The van der Waals surface area contributed by atoms with Crippen molar-refractivity contribution < 1.29 is 9.53 Å². The molecule has 7 nitrogen and oxygen atoms in total. The number of carbonyl (C=O) groups excluding carboxylic acids is 1. The number of methoxy groups -OCH3 is 1. The maximum atomic E-state index is 12.5. The van der Waals surface area contributed by atoms with E-state index in [0.717, 1.165) is 11.0 Å². The fourth-order valence-corrected chi connectivity index (χ4v) is 2.92. The first-order chi connectivity index (χ1) is 13.6. The lowest BCUT2D eigenvalue weighted by Gasteiger charge is -2.09. The molecule has 4 aromatic rings. The number of aromatic nitrogens is 3. The second-order valence-corrected chi connectivity index (χ2v) is 6.21. The second kappa shape index (κ2) is 7.40. The molecular formula is C21H18N4O3. The summed E-state index contributed by atoms with van der Waals surface area (Å²) < 4.78 is 6.56. The van der Waals surface area contributed by atoms with E-state index < -0.39 is 0 Å². The Hall–Kier alpha value is -3.87. The molecule has 1 amide bonds. The monoisotopic (exact) mass is 374 g/mol. The van der Waals surface area contributed by atoms with E-state index in [-0.39, 0.29) is 18.0 Å². The predicted octanol–water partition coefficient (Wildman–Crippen LogP) is 2.65. The molecule has 0 spiro atoms. The topological polar surface area (TPSA) is 89.0 Å². The first kappa shape index (κ1) is 17.5. The molecule has 0 aliphatic carbocycles. The van der Waals surface area contributed by atoms with Crippen molar-refractivity contribution in [3.05, 3.63) is 88.6 Å². The third kappa shape index (κ3) is 3.50. The molecule has 2 aromatic heterocycles. The minimum Gasteiger partial charge on any atom is -0.497 e. The first-order valence-corrected chi connectivity index (χ1v) is 8.73. The van der Waals surface area contributed by atoms with Gasteiger partial charge in [0.25, 0.3) is 11.5 Å². The number of imidazole rings is 1. The van der Waals surface area contributed by atoms with Gasteiger partial charge in [-0.15, -0.1) is 0 Å². The van der Waals surface area contributed by atoms with Gasteiger partial charge in [0.05, 0.1) is 30.3 Å². The summed E-state index contributed by atoms with van der Waals surface area (Å²) in [6.45, 7) is 0.259. The number of fused-ring (bicyclic) bond motifs is 1. The van der Waals surface area contributed by atoms with Crippen LogP contribution in [0.2, 0.25) is 0 Å². The average molecular weight is 374 g/mol. The third-order valence-corrected chi connectivity index (χ3v) is 4.38. The highest BCUT2D eigenvalue weighted by Gasteiger charge is 2.10. The van der Waals surface area contributed by atoms with Crippen molar-refractivity contribution in [2.75, 3.05) is 7.11 Å². The molecule has 0 fully saturated rings. The van der Waals surface area contributed by atoms with Crippen molar-refractivity contribution >= 4 is 16.9 Å². The van der Waals surface area contributed by atoms with Crippen molar-refractivity contribution in [1.29, 1.82) is 0 Å². The predicted molar refractivity (Wildman–Crippen MR) is 106 cm³/mol. The molecule has 0 aliphatic heterocycles. The summed E-state index contributed by atoms with van der Waals surface area (Å²) in [6.07, 6.45) is 1.53. The van der Waals surface area contributed by atoms with Gasteiger partial charge in [-0.2, -0.15) is 0 Å². The minimum absolute atomic E-state index is 0.223. The molecule has 2 N–H and O–H groups in total. The average Bonchev–Trinajstić information content (AvgIpc) is 3.15. The molecule has 28 heavy (non-hydrogen) atoms. The lowest BCUT2D eigenvalue weighted by molar-refractivity contribution is 0.0949. The maximum absolute atomic E-state index is 12.5. The first-order valence-electron chi connectivity index (χ1n) is 8.73. The Morgan fingerprint density at radius 3 is 2.64 bits per heavy atom. The van der Waals surface area contributed by atoms with E-state index in [9.17, 15) is 9.59 Å². The van der Waals surface area contributed by atoms with Gasteiger partial charge in [0, 0.05) is 18.0 Å². The van der Waals surface area contributed by atoms with Crippen LogP contribution in [-0.2, 0) is 6.54 Å². The number of hydrogen-bond donors (Lipinski definition) is 2. The highest BCUT2D eigenvalue weighted by Crippen LogP contribution is 2.14. The summed E-state index contributed by atoms with van der Waals surface area (Å²) in [5.41, 5.74) is 2.57. The van der Waals surface area contributed by atoms with Crippen molar-refractivity contribution in [2.45, 2.75) is 6.54 Å². The number of ether oxygens (including phenoxy) is 1. The third-order valence-electron chi connectivity index (χ3n) is 4.38. The standard InChI is InChI=1S/C21H18N4O3/c1-28-16-9-7-15(8-10-16)25-13-14(6-11-20(25)26)21(27)22-12-19-23-17-4-2-3-5-18(17)24-19/h2-11,13H,12H2,1H3,(H,22,27)(H,23,24). The minimum atomic E-state index is -0.289. The molecule has 2 aromatic carbocycles. The van der Waals surface area contributed by atoms with Gasteiger partial charge in [0.1, 0.15) is 11.6 Å². The fraction of sp³-hybridized carbons (Fsp3) is 0.0952. The Morgan fingerprint density at radius 2 is 1.89 bits per heavy atom. The number of H-pyrrole nitrogens is 1. The molecule has 0 unspecified atom stereocenters. The number of para-hydroxylation sites is 2. The molecule has 2 heterocycles. The van der Waals surface area contributed by atoms with Gasteiger partial charge in [-0.1, -0.05) is 12.1 Å². The second-order valence-electron chi connectivity index (χ2n) is 6.21. The molecule has 0 atom stereocenters. The van der Waals surface area contributed by atoms with E-state index in [1.807, 2.05) is 24.3 Å². The summed E-state index contributed by atoms with van der Waals surface area (Å²) in [6, 6.07) is 17.6. The largest absolute Gasteiger partial charge is 0.497 e. The van der Waals surface area contributed by atoms with Crippen LogP contribution >= 0.6 is 0 Å². The van der Waals surface area contributed by atoms with Gasteiger partial charge in [0.15, 0.2) is 0 Å². The number of aromatic amines is 1. The fourth-order valence-electron chi connectivity index (χ4n) is 2.92. The van der Waals surface area contributed by atoms with Crippen molar-refractivity contribution in [2.24, 2.45) is 0 Å². The van der Waals surface area contributed by atoms with Crippen LogP contribution in [0.15, 0.2) is 71.7 Å². The van der Waals surface area contributed by atoms with E-state index in [0.29, 0.717) is 22.8 Å². The number of pyridine rings is 1. The number of rotatable bonds is 5. The van der Waals surface area contributed by atoms with Crippen LogP contribution in [0.1, 0.15) is 16.2 Å². The SMILES string of the molecule is COc1ccc(-n2cc(C(=O)NCc3nc4ccccc4[nH]3)ccc2=O)cc1. The molecule has 0 saturated heterocycles. The Morgan fingerprint density at radius 1 is 1.11 bits per heavy atom. The van der Waals surface area contributed by atoms with Crippen molar-refractivity contribution in [1.82, 2.24) is 19.9 Å². The zero-order valence-electron chi connectivity index (χ0n) is 15.2. The van der Waals surface area contributed by atoms with E-state index in [1.165, 1.54) is 22.9 Å². The highest BCUT2D eigenvalue weighted by atomic mass is 16.5. The van der Waals surface area contributed by atoms with Crippen LogP contribution in [-0.4, -0.2) is 27.6 Å². The Balaban J connectivity index is 1.53. The van der Waals surface area contributed by atoms with Gasteiger partial charge in [0.2, 0.25) is 0 Å². The van der Waals surface area contributed by atoms with Gasteiger partial charge < -0.3 is 15.0 Å². The van der Waals surface area contributed by atoms with Gasteiger partial charge in [-0.3, -0.25) is 14.2 Å². The lowest BCUT2D eigenvalue weighted by Crippen LogP contribution is -2.26. The molecular weight excluding hydrogens is 356 g/mol. The zero-order chi connectivity index (χ0) is 19.5. The summed E-state index contributed by atoms with van der Waals surface area (Å²) in [5.74, 6) is 1.07.